The van der Waals surface area contributed by atoms with Crippen molar-refractivity contribution < 1.29 is 0 Å². The highest BCUT2D eigenvalue weighted by Crippen LogP contribution is 1.97. The predicted molar refractivity (Wildman–Crippen MR) is 88.9 cm³/mol. The number of guanidine groups is 1. The second-order valence-electron chi connectivity index (χ2n) is 5.20. The second-order valence-corrected chi connectivity index (χ2v) is 5.20. The van der Waals surface area contributed by atoms with Gasteiger partial charge in [-0.2, -0.15) is 0 Å². The fourth-order valence-corrected chi connectivity index (χ4v) is 1.51. The molecule has 0 amide bonds. The van der Waals surface area contributed by atoms with Crippen LogP contribution in [0.3, 0.4) is 0 Å². The van der Waals surface area contributed by atoms with E-state index in [4.69, 9.17) is 11.5 Å². The largest absolute Gasteiger partial charge is 0.370 e. The molecule has 0 spiro atoms. The lowest BCUT2D eigenvalue weighted by Gasteiger charge is -2.08. The first-order chi connectivity index (χ1) is 10.1. The van der Waals surface area contributed by atoms with Crippen LogP contribution in [0.4, 0.5) is 0 Å². The molecule has 0 unspecified atom stereocenters. The molecule has 1 aromatic rings. The van der Waals surface area contributed by atoms with Crippen LogP contribution in [0.25, 0.3) is 0 Å². The van der Waals surface area contributed by atoms with E-state index in [1.54, 1.807) is 18.5 Å². The smallest absolute Gasteiger partial charge is 0.185 e. The minimum Gasteiger partial charge on any atom is -0.370 e. The van der Waals surface area contributed by atoms with Gasteiger partial charge in [0.2, 0.25) is 0 Å². The van der Waals surface area contributed by atoms with E-state index in [9.17, 15) is 0 Å². The van der Waals surface area contributed by atoms with Gasteiger partial charge in [0, 0.05) is 18.9 Å². The van der Waals surface area contributed by atoms with E-state index < -0.39 is 0 Å². The molecular weight excluding hydrogens is 264 g/mol. The number of aliphatic imine (C=N–C) groups is 1. The van der Waals surface area contributed by atoms with E-state index in [-0.39, 0.29) is 5.96 Å². The molecule has 0 bridgehead atoms. The number of nitrogens with zero attached hydrogens (tertiary/aromatic N) is 3. The monoisotopic (exact) mass is 294 g/mol. The Morgan fingerprint density at radius 3 is 2.00 bits per heavy atom. The molecule has 1 aromatic heterocycles. The zero-order valence-electron chi connectivity index (χ0n) is 13.3. The van der Waals surface area contributed by atoms with E-state index in [1.807, 2.05) is 0 Å². The minimum absolute atomic E-state index is 0.190. The fourth-order valence-electron chi connectivity index (χ4n) is 1.51. The Hall–Kier alpha value is -1.69. The highest BCUT2D eigenvalue weighted by Gasteiger charge is 1.93. The number of piperidine rings is 1. The molecule has 6 nitrogen and oxygen atoms in total. The first kappa shape index (κ1) is 19.3. The highest BCUT2D eigenvalue weighted by atomic mass is 15.0. The van der Waals surface area contributed by atoms with Gasteiger partial charge in [0.1, 0.15) is 6.33 Å². The Labute approximate surface area is 128 Å². The molecule has 120 valence electrons. The first-order valence-corrected chi connectivity index (χ1v) is 7.59. The van der Waals surface area contributed by atoms with Crippen LogP contribution in [0.5, 0.6) is 0 Å². The summed E-state index contributed by atoms with van der Waals surface area (Å²) in [5.74, 6) is 0.865. The summed E-state index contributed by atoms with van der Waals surface area (Å²) in [5.41, 5.74) is 10.2. The lowest BCUT2D eigenvalue weighted by Crippen LogP contribution is -2.23. The minimum atomic E-state index is 0.190. The Kier molecular flexibility index (Phi) is 13.5. The van der Waals surface area contributed by atoms with Crippen LogP contribution in [0.15, 0.2) is 29.8 Å². The van der Waals surface area contributed by atoms with Crippen molar-refractivity contribution in [2.24, 2.45) is 22.4 Å². The van der Waals surface area contributed by atoms with Gasteiger partial charge < -0.3 is 16.8 Å². The van der Waals surface area contributed by atoms with Gasteiger partial charge in [-0.05, 0) is 44.3 Å². The maximum absolute atomic E-state index is 5.11. The quantitative estimate of drug-likeness (QED) is 0.580. The molecule has 6 heteroatoms. The first-order valence-electron chi connectivity index (χ1n) is 7.59. The zero-order chi connectivity index (χ0) is 15.8. The van der Waals surface area contributed by atoms with Crippen molar-refractivity contribution in [2.45, 2.75) is 39.5 Å². The van der Waals surface area contributed by atoms with E-state index in [1.165, 1.54) is 38.7 Å². The summed E-state index contributed by atoms with van der Waals surface area (Å²) < 4.78 is 0. The molecule has 1 aliphatic rings. The van der Waals surface area contributed by atoms with E-state index in [0.29, 0.717) is 5.92 Å². The summed E-state index contributed by atoms with van der Waals surface area (Å²) in [6.07, 6.45) is 10.1. The molecule has 0 saturated carbocycles. The van der Waals surface area contributed by atoms with Crippen molar-refractivity contribution >= 4 is 5.96 Å². The summed E-state index contributed by atoms with van der Waals surface area (Å²) in [4.78, 5) is 11.2. The van der Waals surface area contributed by atoms with Crippen LogP contribution in [0.1, 0.15) is 39.5 Å². The maximum atomic E-state index is 5.11. The third-order valence-corrected chi connectivity index (χ3v) is 2.69. The van der Waals surface area contributed by atoms with Gasteiger partial charge in [0.05, 0.1) is 0 Å². The molecular formula is C15H30N6. The van der Waals surface area contributed by atoms with E-state index in [2.05, 4.69) is 34.1 Å². The van der Waals surface area contributed by atoms with Crippen molar-refractivity contribution in [1.29, 1.82) is 0 Å². The van der Waals surface area contributed by atoms with Gasteiger partial charge in [-0.3, -0.25) is 4.99 Å². The topological polar surface area (TPSA) is 102 Å². The summed E-state index contributed by atoms with van der Waals surface area (Å²) in [7, 11) is 0. The SMILES string of the molecule is C1CCNCC1.CC(C)CCN=C(N)N.c1cncnc1. The third-order valence-electron chi connectivity index (χ3n) is 2.69. The Morgan fingerprint density at radius 1 is 1.14 bits per heavy atom. The Balaban J connectivity index is 0.000000293. The van der Waals surface area contributed by atoms with Crippen LogP contribution in [-0.4, -0.2) is 35.6 Å². The van der Waals surface area contributed by atoms with Crippen molar-refractivity contribution in [3.05, 3.63) is 24.8 Å². The molecule has 21 heavy (non-hydrogen) atoms. The van der Waals surface area contributed by atoms with Crippen molar-refractivity contribution in [1.82, 2.24) is 15.3 Å². The summed E-state index contributed by atoms with van der Waals surface area (Å²) >= 11 is 0. The summed E-state index contributed by atoms with van der Waals surface area (Å²) in [5, 5.41) is 3.28. The highest BCUT2D eigenvalue weighted by molar-refractivity contribution is 5.75. The van der Waals surface area contributed by atoms with Crippen molar-refractivity contribution in [3.8, 4) is 0 Å². The molecule has 0 radical (unpaired) electrons. The number of nitrogens with two attached hydrogens (primary N) is 2. The molecule has 1 aliphatic heterocycles. The summed E-state index contributed by atoms with van der Waals surface area (Å²) in [6, 6.07) is 1.78. The van der Waals surface area contributed by atoms with Crippen molar-refractivity contribution in [3.63, 3.8) is 0 Å². The van der Waals surface area contributed by atoms with Crippen LogP contribution in [-0.2, 0) is 0 Å². The van der Waals surface area contributed by atoms with Crippen LogP contribution in [0.2, 0.25) is 0 Å². The second kappa shape index (κ2) is 14.7. The van der Waals surface area contributed by atoms with Crippen molar-refractivity contribution in [2.75, 3.05) is 19.6 Å². The van der Waals surface area contributed by atoms with Gasteiger partial charge >= 0.3 is 0 Å². The molecule has 2 rings (SSSR count). The molecule has 1 fully saturated rings. The van der Waals surface area contributed by atoms with E-state index >= 15 is 0 Å². The zero-order valence-corrected chi connectivity index (χ0v) is 13.3. The van der Waals surface area contributed by atoms with Gasteiger partial charge in [-0.15, -0.1) is 0 Å². The van der Waals surface area contributed by atoms with Gasteiger partial charge in [-0.25, -0.2) is 9.97 Å². The average molecular weight is 294 g/mol. The van der Waals surface area contributed by atoms with E-state index in [0.717, 1.165) is 13.0 Å². The summed E-state index contributed by atoms with van der Waals surface area (Å²) in [6.45, 7) is 7.53. The average Bonchev–Trinajstić information content (AvgIpc) is 2.51. The van der Waals surface area contributed by atoms with Gasteiger partial charge in [0.15, 0.2) is 5.96 Å². The Morgan fingerprint density at radius 2 is 1.76 bits per heavy atom. The normalized spacial score (nSPS) is 13.3. The number of aromatic nitrogens is 2. The third kappa shape index (κ3) is 18.3. The van der Waals surface area contributed by atoms with Crippen LogP contribution < -0.4 is 16.8 Å². The predicted octanol–water partition coefficient (Wildman–Crippen LogP) is 1.54. The number of hydrogen-bond acceptors (Lipinski definition) is 4. The van der Waals surface area contributed by atoms with Crippen LogP contribution >= 0.6 is 0 Å². The molecule has 0 aromatic carbocycles. The maximum Gasteiger partial charge on any atom is 0.185 e. The molecule has 2 heterocycles. The fraction of sp³-hybridized carbons (Fsp3) is 0.667. The van der Waals surface area contributed by atoms with Crippen LogP contribution in [0, 0.1) is 5.92 Å². The van der Waals surface area contributed by atoms with Gasteiger partial charge in [0.25, 0.3) is 0 Å². The lowest BCUT2D eigenvalue weighted by molar-refractivity contribution is 0.520. The lowest BCUT2D eigenvalue weighted by atomic mass is 10.1. The molecule has 0 aliphatic carbocycles. The van der Waals surface area contributed by atoms with Gasteiger partial charge in [-0.1, -0.05) is 20.3 Å². The molecule has 5 N–H and O–H groups in total. The molecule has 0 atom stereocenters. The molecule has 1 saturated heterocycles. The number of rotatable bonds is 3. The number of nitrogens with one attached hydrogen (secondary N) is 1. The Bertz CT molecular complexity index is 293. The number of hydrogen-bond donors (Lipinski definition) is 3. The standard InChI is InChI=1S/C6H15N3.C5H11N.C4H4N2/c1-5(2)3-4-9-6(7)8;1-2-4-6-5-3-1;1-2-5-4-6-3-1/h5H,3-4H2,1-2H3,(H4,7,8,9);6H,1-5H2;1-4H.